The van der Waals surface area contributed by atoms with Gasteiger partial charge in [0.2, 0.25) is 5.91 Å². The first-order valence-corrected chi connectivity index (χ1v) is 6.82. The van der Waals surface area contributed by atoms with E-state index in [1.807, 2.05) is 13.8 Å². The van der Waals surface area contributed by atoms with Crippen LogP contribution in [-0.4, -0.2) is 17.5 Å². The maximum absolute atomic E-state index is 11.9. The zero-order valence-corrected chi connectivity index (χ0v) is 11.9. The molecule has 17 heavy (non-hydrogen) atoms. The zero-order valence-electron chi connectivity index (χ0n) is 11.0. The van der Waals surface area contributed by atoms with Crippen molar-refractivity contribution in [3.63, 3.8) is 0 Å². The standard InChI is InChI=1S/C13H22N2OS/c1-5-13(4,14)12(16)15-9(2)8-11-7-6-10(3)17-11/h6-7,9H,5,8,14H2,1-4H3,(H,15,16). The lowest BCUT2D eigenvalue weighted by atomic mass is 9.99. The maximum Gasteiger partial charge on any atom is 0.240 e. The van der Waals surface area contributed by atoms with Crippen molar-refractivity contribution in [2.45, 2.75) is 52.1 Å². The number of hydrogen-bond acceptors (Lipinski definition) is 3. The number of amides is 1. The molecule has 0 radical (unpaired) electrons. The number of nitrogens with two attached hydrogens (primary N) is 1. The molecule has 0 aromatic carbocycles. The number of nitrogens with one attached hydrogen (secondary N) is 1. The fraction of sp³-hybridized carbons (Fsp3) is 0.615. The predicted octanol–water partition coefficient (Wildman–Crippen LogP) is 2.23. The number of carbonyl (C=O) groups is 1. The Morgan fingerprint density at radius 3 is 2.71 bits per heavy atom. The van der Waals surface area contributed by atoms with Crippen molar-refractivity contribution in [3.05, 3.63) is 21.9 Å². The summed E-state index contributed by atoms with van der Waals surface area (Å²) in [4.78, 5) is 14.5. The summed E-state index contributed by atoms with van der Waals surface area (Å²) < 4.78 is 0. The molecule has 1 aromatic rings. The third-order valence-electron chi connectivity index (χ3n) is 2.93. The second kappa shape index (κ2) is 5.65. The van der Waals surface area contributed by atoms with Crippen molar-refractivity contribution in [3.8, 4) is 0 Å². The van der Waals surface area contributed by atoms with Gasteiger partial charge in [-0.2, -0.15) is 0 Å². The summed E-state index contributed by atoms with van der Waals surface area (Å²) in [5.74, 6) is -0.0687. The number of carbonyl (C=O) groups excluding carboxylic acids is 1. The summed E-state index contributed by atoms with van der Waals surface area (Å²) in [6.45, 7) is 7.79. The van der Waals surface area contributed by atoms with Gasteiger partial charge in [-0.05, 0) is 39.3 Å². The van der Waals surface area contributed by atoms with Crippen LogP contribution < -0.4 is 11.1 Å². The quantitative estimate of drug-likeness (QED) is 0.846. The van der Waals surface area contributed by atoms with E-state index in [4.69, 9.17) is 5.73 Å². The topological polar surface area (TPSA) is 55.1 Å². The van der Waals surface area contributed by atoms with E-state index in [-0.39, 0.29) is 11.9 Å². The Morgan fingerprint density at radius 1 is 1.59 bits per heavy atom. The molecule has 0 spiro atoms. The number of thiophene rings is 1. The van der Waals surface area contributed by atoms with Gasteiger partial charge in [0.1, 0.15) is 0 Å². The van der Waals surface area contributed by atoms with Crippen molar-refractivity contribution in [2.75, 3.05) is 0 Å². The van der Waals surface area contributed by atoms with Gasteiger partial charge in [0.15, 0.2) is 0 Å². The largest absolute Gasteiger partial charge is 0.352 e. The fourth-order valence-corrected chi connectivity index (χ4v) is 2.52. The molecule has 96 valence electrons. The molecule has 0 aliphatic rings. The van der Waals surface area contributed by atoms with Crippen LogP contribution in [-0.2, 0) is 11.2 Å². The molecule has 0 fully saturated rings. The summed E-state index contributed by atoms with van der Waals surface area (Å²) in [6, 6.07) is 4.34. The van der Waals surface area contributed by atoms with Gasteiger partial charge in [0, 0.05) is 22.2 Å². The number of rotatable bonds is 5. The second-order valence-corrected chi connectivity index (χ2v) is 6.23. The normalized spacial score (nSPS) is 16.3. The second-order valence-electron chi connectivity index (χ2n) is 4.86. The third kappa shape index (κ3) is 4.13. The minimum atomic E-state index is -0.764. The molecule has 0 saturated carbocycles. The molecule has 3 N–H and O–H groups in total. The lowest BCUT2D eigenvalue weighted by molar-refractivity contribution is -0.126. The first-order chi connectivity index (χ1) is 7.85. The van der Waals surface area contributed by atoms with Crippen LogP contribution in [0.25, 0.3) is 0 Å². The van der Waals surface area contributed by atoms with E-state index in [0.29, 0.717) is 6.42 Å². The molecule has 1 heterocycles. The Kier molecular flexibility index (Phi) is 4.71. The van der Waals surface area contributed by atoms with Gasteiger partial charge in [-0.3, -0.25) is 4.79 Å². The van der Waals surface area contributed by atoms with Crippen LogP contribution >= 0.6 is 11.3 Å². The minimum Gasteiger partial charge on any atom is -0.352 e. The third-order valence-corrected chi connectivity index (χ3v) is 3.96. The molecular weight excluding hydrogens is 232 g/mol. The average molecular weight is 254 g/mol. The summed E-state index contributed by atoms with van der Waals surface area (Å²) in [5.41, 5.74) is 5.13. The van der Waals surface area contributed by atoms with Crippen molar-refractivity contribution in [2.24, 2.45) is 5.73 Å². The average Bonchev–Trinajstić information content (AvgIpc) is 2.63. The molecule has 0 saturated heterocycles. The van der Waals surface area contributed by atoms with Crippen LogP contribution in [0.15, 0.2) is 12.1 Å². The first-order valence-electron chi connectivity index (χ1n) is 6.00. The molecule has 0 aliphatic heterocycles. The van der Waals surface area contributed by atoms with Crippen molar-refractivity contribution in [1.29, 1.82) is 0 Å². The van der Waals surface area contributed by atoms with E-state index < -0.39 is 5.54 Å². The van der Waals surface area contributed by atoms with Gasteiger partial charge in [0.25, 0.3) is 0 Å². The Hall–Kier alpha value is -0.870. The van der Waals surface area contributed by atoms with Gasteiger partial charge < -0.3 is 11.1 Å². The summed E-state index contributed by atoms with van der Waals surface area (Å²) in [6.07, 6.45) is 1.51. The van der Waals surface area contributed by atoms with Crippen LogP contribution in [0.4, 0.5) is 0 Å². The number of aryl methyl sites for hydroxylation is 1. The monoisotopic (exact) mass is 254 g/mol. The van der Waals surface area contributed by atoms with Gasteiger partial charge in [-0.1, -0.05) is 6.92 Å². The highest BCUT2D eigenvalue weighted by Gasteiger charge is 2.26. The summed E-state index contributed by atoms with van der Waals surface area (Å²) in [5, 5.41) is 2.97. The van der Waals surface area contributed by atoms with Gasteiger partial charge in [-0.25, -0.2) is 0 Å². The highest BCUT2D eigenvalue weighted by molar-refractivity contribution is 7.11. The number of hydrogen-bond donors (Lipinski definition) is 2. The van der Waals surface area contributed by atoms with Crippen molar-refractivity contribution >= 4 is 17.2 Å². The highest BCUT2D eigenvalue weighted by Crippen LogP contribution is 2.17. The van der Waals surface area contributed by atoms with Crippen molar-refractivity contribution < 1.29 is 4.79 Å². The van der Waals surface area contributed by atoms with Crippen LogP contribution in [0.1, 0.15) is 36.9 Å². The van der Waals surface area contributed by atoms with E-state index in [1.165, 1.54) is 9.75 Å². The summed E-state index contributed by atoms with van der Waals surface area (Å²) in [7, 11) is 0. The van der Waals surface area contributed by atoms with Crippen LogP contribution in [0.5, 0.6) is 0 Å². The molecule has 2 atom stereocenters. The smallest absolute Gasteiger partial charge is 0.240 e. The highest BCUT2D eigenvalue weighted by atomic mass is 32.1. The Balaban J connectivity index is 2.50. The zero-order chi connectivity index (χ0) is 13.1. The Bertz CT molecular complexity index is 385. The first kappa shape index (κ1) is 14.2. The van der Waals surface area contributed by atoms with Crippen molar-refractivity contribution in [1.82, 2.24) is 5.32 Å². The summed E-state index contributed by atoms with van der Waals surface area (Å²) >= 11 is 1.77. The molecule has 3 nitrogen and oxygen atoms in total. The minimum absolute atomic E-state index is 0.0687. The maximum atomic E-state index is 11.9. The Labute approximate surface area is 107 Å². The SMILES string of the molecule is CCC(C)(N)C(=O)NC(C)Cc1ccc(C)s1. The van der Waals surface area contributed by atoms with Crippen LogP contribution in [0.2, 0.25) is 0 Å². The lowest BCUT2D eigenvalue weighted by Gasteiger charge is -2.24. The molecule has 1 amide bonds. The molecule has 2 unspecified atom stereocenters. The molecule has 1 rings (SSSR count). The van der Waals surface area contributed by atoms with Gasteiger partial charge in [-0.15, -0.1) is 11.3 Å². The van der Waals surface area contributed by atoms with Crippen LogP contribution in [0.3, 0.4) is 0 Å². The molecule has 0 bridgehead atoms. The van der Waals surface area contributed by atoms with E-state index in [1.54, 1.807) is 18.3 Å². The van der Waals surface area contributed by atoms with E-state index in [9.17, 15) is 4.79 Å². The lowest BCUT2D eigenvalue weighted by Crippen LogP contribution is -2.53. The molecule has 1 aromatic heterocycles. The predicted molar refractivity (Wildman–Crippen MR) is 73.2 cm³/mol. The molecule has 4 heteroatoms. The van der Waals surface area contributed by atoms with Gasteiger partial charge in [0.05, 0.1) is 5.54 Å². The Morgan fingerprint density at radius 2 is 2.24 bits per heavy atom. The van der Waals surface area contributed by atoms with E-state index >= 15 is 0 Å². The van der Waals surface area contributed by atoms with Gasteiger partial charge >= 0.3 is 0 Å². The van der Waals surface area contributed by atoms with Crippen LogP contribution in [0, 0.1) is 6.92 Å². The fourth-order valence-electron chi connectivity index (χ4n) is 1.50. The van der Waals surface area contributed by atoms with E-state index in [2.05, 4.69) is 24.4 Å². The molecule has 0 aliphatic carbocycles. The molecular formula is C13H22N2OS. The van der Waals surface area contributed by atoms with E-state index in [0.717, 1.165) is 6.42 Å².